The van der Waals surface area contributed by atoms with Gasteiger partial charge in [-0.05, 0) is 19.2 Å². The Morgan fingerprint density at radius 1 is 1.30 bits per heavy atom. The number of amides is 1. The SMILES string of the molecule is CN1CC(=O)N2Cc3cnn(C)c3-n3cccc3C2C1. The molecule has 2 aliphatic rings. The van der Waals surface area contributed by atoms with Crippen molar-refractivity contribution in [2.24, 2.45) is 7.05 Å². The molecule has 1 fully saturated rings. The molecule has 6 heteroatoms. The maximum Gasteiger partial charge on any atom is 0.237 e. The van der Waals surface area contributed by atoms with E-state index in [4.69, 9.17) is 0 Å². The summed E-state index contributed by atoms with van der Waals surface area (Å²) < 4.78 is 4.05. The van der Waals surface area contributed by atoms with E-state index >= 15 is 0 Å². The Morgan fingerprint density at radius 2 is 2.15 bits per heavy atom. The Kier molecular flexibility index (Phi) is 2.32. The number of fused-ring (bicyclic) bond motifs is 5. The van der Waals surface area contributed by atoms with Gasteiger partial charge >= 0.3 is 0 Å². The zero-order valence-corrected chi connectivity index (χ0v) is 11.7. The number of hydrogen-bond donors (Lipinski definition) is 0. The third kappa shape index (κ3) is 1.48. The maximum atomic E-state index is 12.4. The van der Waals surface area contributed by atoms with E-state index in [0.29, 0.717) is 13.1 Å². The van der Waals surface area contributed by atoms with E-state index in [1.54, 1.807) is 0 Å². The van der Waals surface area contributed by atoms with Crippen molar-refractivity contribution in [2.75, 3.05) is 20.1 Å². The summed E-state index contributed by atoms with van der Waals surface area (Å²) in [7, 11) is 3.95. The van der Waals surface area contributed by atoms with Crippen molar-refractivity contribution in [2.45, 2.75) is 12.6 Å². The van der Waals surface area contributed by atoms with Crippen LogP contribution in [0, 0.1) is 0 Å². The Balaban J connectivity index is 1.93. The highest BCUT2D eigenvalue weighted by Gasteiger charge is 2.37. The molecule has 0 bridgehead atoms. The highest BCUT2D eigenvalue weighted by atomic mass is 16.2. The van der Waals surface area contributed by atoms with Gasteiger partial charge in [0.1, 0.15) is 5.82 Å². The quantitative estimate of drug-likeness (QED) is 0.702. The predicted octanol–water partition coefficient (Wildman–Crippen LogP) is 0.539. The summed E-state index contributed by atoms with van der Waals surface area (Å²) in [6, 6.07) is 4.25. The lowest BCUT2D eigenvalue weighted by molar-refractivity contribution is -0.140. The first kappa shape index (κ1) is 11.7. The lowest BCUT2D eigenvalue weighted by atomic mass is 10.1. The molecule has 0 N–H and O–H groups in total. The summed E-state index contributed by atoms with van der Waals surface area (Å²) in [5.41, 5.74) is 2.26. The number of carbonyl (C=O) groups excluding carboxylic acids is 1. The zero-order chi connectivity index (χ0) is 13.9. The number of hydrogen-bond acceptors (Lipinski definition) is 3. The molecule has 2 aromatic rings. The monoisotopic (exact) mass is 271 g/mol. The van der Waals surface area contributed by atoms with Crippen LogP contribution in [0.2, 0.25) is 0 Å². The number of rotatable bonds is 0. The Bertz CT molecular complexity index is 686. The first-order valence-electron chi connectivity index (χ1n) is 6.81. The first-order chi connectivity index (χ1) is 9.65. The van der Waals surface area contributed by atoms with Gasteiger partial charge in [0.2, 0.25) is 5.91 Å². The van der Waals surface area contributed by atoms with Gasteiger partial charge in [-0.25, -0.2) is 0 Å². The normalized spacial score (nSPS) is 22.2. The second-order valence-electron chi connectivity index (χ2n) is 5.65. The van der Waals surface area contributed by atoms with Crippen LogP contribution in [0.1, 0.15) is 17.3 Å². The van der Waals surface area contributed by atoms with E-state index < -0.39 is 0 Å². The molecule has 1 amide bonds. The fourth-order valence-electron chi connectivity index (χ4n) is 3.35. The fourth-order valence-corrected chi connectivity index (χ4v) is 3.35. The first-order valence-corrected chi connectivity index (χ1v) is 6.81. The third-order valence-corrected chi connectivity index (χ3v) is 4.26. The Morgan fingerprint density at radius 3 is 3.00 bits per heavy atom. The second-order valence-corrected chi connectivity index (χ2v) is 5.65. The minimum absolute atomic E-state index is 0.114. The molecule has 6 nitrogen and oxygen atoms in total. The van der Waals surface area contributed by atoms with Crippen LogP contribution < -0.4 is 0 Å². The number of aryl methyl sites for hydroxylation is 1. The van der Waals surface area contributed by atoms with E-state index in [2.05, 4.69) is 26.8 Å². The van der Waals surface area contributed by atoms with Crippen LogP contribution in [-0.4, -0.2) is 50.2 Å². The summed E-state index contributed by atoms with van der Waals surface area (Å²) in [4.78, 5) is 16.5. The van der Waals surface area contributed by atoms with Crippen molar-refractivity contribution in [3.8, 4) is 5.82 Å². The number of carbonyl (C=O) groups is 1. The Labute approximate surface area is 117 Å². The molecule has 1 saturated heterocycles. The van der Waals surface area contributed by atoms with Crippen molar-refractivity contribution in [1.29, 1.82) is 0 Å². The van der Waals surface area contributed by atoms with Gasteiger partial charge in [-0.2, -0.15) is 5.10 Å². The van der Waals surface area contributed by atoms with Gasteiger partial charge in [0.25, 0.3) is 0 Å². The Hall–Kier alpha value is -2.08. The highest BCUT2D eigenvalue weighted by molar-refractivity contribution is 5.80. The number of piperazine rings is 1. The van der Waals surface area contributed by atoms with E-state index in [0.717, 1.165) is 23.6 Å². The molecule has 0 aliphatic carbocycles. The average molecular weight is 271 g/mol. The number of likely N-dealkylation sites (N-methyl/N-ethyl adjacent to an activating group) is 1. The fraction of sp³-hybridized carbons (Fsp3) is 0.429. The van der Waals surface area contributed by atoms with E-state index in [1.165, 1.54) is 0 Å². The van der Waals surface area contributed by atoms with Gasteiger partial charge in [0.15, 0.2) is 0 Å². The number of nitrogens with zero attached hydrogens (tertiary/aromatic N) is 5. The minimum Gasteiger partial charge on any atom is -0.327 e. The maximum absolute atomic E-state index is 12.4. The predicted molar refractivity (Wildman–Crippen MR) is 73.3 cm³/mol. The second kappa shape index (κ2) is 3.96. The topological polar surface area (TPSA) is 46.3 Å². The standard InChI is InChI=1S/C14H17N5O/c1-16-8-12-11-4-3-5-18(11)14-10(6-15-17(14)2)7-19(12)13(20)9-16/h3-6,12H,7-9H2,1-2H3. The zero-order valence-electron chi connectivity index (χ0n) is 11.7. The smallest absolute Gasteiger partial charge is 0.237 e. The van der Waals surface area contributed by atoms with Crippen LogP contribution in [0.3, 0.4) is 0 Å². The molecular weight excluding hydrogens is 254 g/mol. The van der Waals surface area contributed by atoms with E-state index in [1.807, 2.05) is 35.9 Å². The van der Waals surface area contributed by atoms with Crippen molar-refractivity contribution in [3.63, 3.8) is 0 Å². The van der Waals surface area contributed by atoms with Crippen molar-refractivity contribution >= 4 is 5.91 Å². The summed E-state index contributed by atoms with van der Waals surface area (Å²) in [6.45, 7) is 2.01. The lowest BCUT2D eigenvalue weighted by Crippen LogP contribution is -2.50. The van der Waals surface area contributed by atoms with Gasteiger partial charge < -0.3 is 9.47 Å². The molecule has 20 heavy (non-hydrogen) atoms. The van der Waals surface area contributed by atoms with Crippen LogP contribution in [0.5, 0.6) is 0 Å². The lowest BCUT2D eigenvalue weighted by Gasteiger charge is -2.38. The van der Waals surface area contributed by atoms with Crippen LogP contribution in [0.25, 0.3) is 5.82 Å². The van der Waals surface area contributed by atoms with Crippen LogP contribution >= 0.6 is 0 Å². The minimum atomic E-state index is 0.114. The summed E-state index contributed by atoms with van der Waals surface area (Å²) in [5, 5.41) is 4.34. The molecule has 0 saturated carbocycles. The van der Waals surface area contributed by atoms with Gasteiger partial charge in [0.05, 0.1) is 25.3 Å². The third-order valence-electron chi connectivity index (χ3n) is 4.26. The molecule has 1 atom stereocenters. The van der Waals surface area contributed by atoms with Gasteiger partial charge in [-0.15, -0.1) is 0 Å². The van der Waals surface area contributed by atoms with E-state index in [9.17, 15) is 4.79 Å². The van der Waals surface area contributed by atoms with E-state index in [-0.39, 0.29) is 11.9 Å². The molecular formula is C14H17N5O. The van der Waals surface area contributed by atoms with Crippen LogP contribution in [0.4, 0.5) is 0 Å². The molecule has 1 unspecified atom stereocenters. The number of aromatic nitrogens is 3. The summed E-state index contributed by atoms with van der Waals surface area (Å²) in [6.07, 6.45) is 3.92. The van der Waals surface area contributed by atoms with Crippen molar-refractivity contribution in [1.82, 2.24) is 24.1 Å². The van der Waals surface area contributed by atoms with Gasteiger partial charge in [0, 0.05) is 31.0 Å². The largest absolute Gasteiger partial charge is 0.327 e. The highest BCUT2D eigenvalue weighted by Crippen LogP contribution is 2.34. The molecule has 0 aromatic carbocycles. The van der Waals surface area contributed by atoms with Gasteiger partial charge in [-0.3, -0.25) is 14.4 Å². The molecule has 2 aromatic heterocycles. The molecule has 0 spiro atoms. The molecule has 4 heterocycles. The van der Waals surface area contributed by atoms with Crippen LogP contribution in [-0.2, 0) is 18.4 Å². The average Bonchev–Trinajstić information content (AvgIpc) is 2.96. The van der Waals surface area contributed by atoms with Gasteiger partial charge in [-0.1, -0.05) is 0 Å². The molecule has 4 rings (SSSR count). The van der Waals surface area contributed by atoms with Crippen molar-refractivity contribution < 1.29 is 4.79 Å². The molecule has 0 radical (unpaired) electrons. The summed E-state index contributed by atoms with van der Waals surface area (Å²) >= 11 is 0. The molecule has 104 valence electrons. The summed E-state index contributed by atoms with van der Waals surface area (Å²) in [5.74, 6) is 1.25. The van der Waals surface area contributed by atoms with Crippen molar-refractivity contribution in [3.05, 3.63) is 35.8 Å². The molecule has 2 aliphatic heterocycles. The van der Waals surface area contributed by atoms with Crippen LogP contribution in [0.15, 0.2) is 24.5 Å².